The molecule has 0 N–H and O–H groups in total. The molecule has 0 spiro atoms. The standard InChI is InChI=1S/C16H16N/c1-12(2)15-11-17-10-6-5-9-16(17)14-8-4-3-7-13(14)15/h3-10H,11H2,1-2H3/q+1. The van der Waals surface area contributed by atoms with Gasteiger partial charge in [0.05, 0.1) is 5.56 Å². The monoisotopic (exact) mass is 222 g/mol. The molecule has 2 aromatic rings. The van der Waals surface area contributed by atoms with Crippen LogP contribution < -0.4 is 4.57 Å². The Morgan fingerprint density at radius 2 is 1.65 bits per heavy atom. The first-order valence-electron chi connectivity index (χ1n) is 6.02. The topological polar surface area (TPSA) is 3.88 Å². The van der Waals surface area contributed by atoms with E-state index in [0.717, 1.165) is 6.54 Å². The highest BCUT2D eigenvalue weighted by atomic mass is 15.0. The number of pyridine rings is 1. The van der Waals surface area contributed by atoms with Crippen LogP contribution in [0.4, 0.5) is 0 Å². The molecule has 1 aliphatic heterocycles. The molecule has 0 radical (unpaired) electrons. The molecule has 0 amide bonds. The summed E-state index contributed by atoms with van der Waals surface area (Å²) in [6, 6.07) is 15.1. The lowest BCUT2D eigenvalue weighted by Crippen LogP contribution is -2.39. The van der Waals surface area contributed by atoms with Gasteiger partial charge in [-0.05, 0) is 31.5 Å². The van der Waals surface area contributed by atoms with Gasteiger partial charge in [-0.15, -0.1) is 0 Å². The van der Waals surface area contributed by atoms with E-state index in [-0.39, 0.29) is 0 Å². The quantitative estimate of drug-likeness (QED) is 0.601. The van der Waals surface area contributed by atoms with E-state index in [1.165, 1.54) is 28.0 Å². The predicted octanol–water partition coefficient (Wildman–Crippen LogP) is 3.45. The highest BCUT2D eigenvalue weighted by Crippen LogP contribution is 2.32. The smallest absolute Gasteiger partial charge is 0.194 e. The number of hydrogen-bond acceptors (Lipinski definition) is 0. The maximum Gasteiger partial charge on any atom is 0.213 e. The van der Waals surface area contributed by atoms with Crippen molar-refractivity contribution in [2.45, 2.75) is 20.4 Å². The Labute approximate surface area is 102 Å². The normalized spacial score (nSPS) is 12.9. The molecule has 0 bridgehead atoms. The largest absolute Gasteiger partial charge is 0.213 e. The van der Waals surface area contributed by atoms with E-state index >= 15 is 0 Å². The summed E-state index contributed by atoms with van der Waals surface area (Å²) in [7, 11) is 0. The Bertz CT molecular complexity index is 604. The fourth-order valence-corrected chi connectivity index (χ4v) is 2.51. The molecule has 2 heterocycles. The molecule has 3 rings (SSSR count). The molecule has 1 aliphatic rings. The van der Waals surface area contributed by atoms with Crippen LogP contribution in [-0.2, 0) is 6.54 Å². The second kappa shape index (κ2) is 3.85. The van der Waals surface area contributed by atoms with Gasteiger partial charge in [-0.3, -0.25) is 0 Å². The van der Waals surface area contributed by atoms with Crippen molar-refractivity contribution in [2.75, 3.05) is 0 Å². The zero-order valence-electron chi connectivity index (χ0n) is 10.3. The van der Waals surface area contributed by atoms with Crippen LogP contribution >= 0.6 is 0 Å². The van der Waals surface area contributed by atoms with Gasteiger partial charge in [0.15, 0.2) is 12.7 Å². The van der Waals surface area contributed by atoms with Crippen molar-refractivity contribution in [3.8, 4) is 11.3 Å². The van der Waals surface area contributed by atoms with Crippen LogP contribution in [0, 0.1) is 0 Å². The molecule has 0 unspecified atom stereocenters. The van der Waals surface area contributed by atoms with Gasteiger partial charge in [0.25, 0.3) is 0 Å². The molecule has 17 heavy (non-hydrogen) atoms. The maximum atomic E-state index is 2.32. The van der Waals surface area contributed by atoms with Crippen molar-refractivity contribution >= 4 is 5.57 Å². The number of nitrogens with zero attached hydrogens (tertiary/aromatic N) is 1. The third-order valence-corrected chi connectivity index (χ3v) is 3.40. The zero-order chi connectivity index (χ0) is 11.8. The summed E-state index contributed by atoms with van der Waals surface area (Å²) in [4.78, 5) is 0. The molecule has 0 fully saturated rings. The van der Waals surface area contributed by atoms with E-state index in [1.807, 2.05) is 0 Å². The first-order chi connectivity index (χ1) is 8.27. The van der Waals surface area contributed by atoms with Gasteiger partial charge in [0.2, 0.25) is 5.69 Å². The van der Waals surface area contributed by atoms with E-state index in [2.05, 4.69) is 67.1 Å². The minimum atomic E-state index is 0.982. The van der Waals surface area contributed by atoms with Gasteiger partial charge in [-0.25, -0.2) is 0 Å². The summed E-state index contributed by atoms with van der Waals surface area (Å²) in [6.07, 6.45) is 2.16. The number of aromatic nitrogens is 1. The Kier molecular flexibility index (Phi) is 2.32. The summed E-state index contributed by atoms with van der Waals surface area (Å²) in [5.74, 6) is 0. The molecular weight excluding hydrogens is 206 g/mol. The Morgan fingerprint density at radius 3 is 2.41 bits per heavy atom. The highest BCUT2D eigenvalue weighted by Gasteiger charge is 2.25. The van der Waals surface area contributed by atoms with Gasteiger partial charge in [-0.1, -0.05) is 23.8 Å². The van der Waals surface area contributed by atoms with Gasteiger partial charge >= 0.3 is 0 Å². The molecule has 0 aliphatic carbocycles. The summed E-state index contributed by atoms with van der Waals surface area (Å²) in [6.45, 7) is 5.37. The van der Waals surface area contributed by atoms with E-state index < -0.39 is 0 Å². The Morgan fingerprint density at radius 1 is 0.941 bits per heavy atom. The Hall–Kier alpha value is -1.89. The Balaban J connectivity index is 2.34. The van der Waals surface area contributed by atoms with Crippen LogP contribution in [0.5, 0.6) is 0 Å². The fourth-order valence-electron chi connectivity index (χ4n) is 2.51. The molecule has 0 atom stereocenters. The highest BCUT2D eigenvalue weighted by molar-refractivity contribution is 5.81. The molecule has 1 heteroatoms. The summed E-state index contributed by atoms with van der Waals surface area (Å²) >= 11 is 0. The van der Waals surface area contributed by atoms with E-state index in [0.29, 0.717) is 0 Å². The lowest BCUT2D eigenvalue weighted by Gasteiger charge is -2.18. The van der Waals surface area contributed by atoms with Crippen LogP contribution in [0.2, 0.25) is 0 Å². The first-order valence-corrected chi connectivity index (χ1v) is 6.02. The van der Waals surface area contributed by atoms with Crippen molar-refractivity contribution in [3.05, 3.63) is 59.8 Å². The number of allylic oxidation sites excluding steroid dienone is 2. The van der Waals surface area contributed by atoms with Gasteiger partial charge < -0.3 is 0 Å². The number of hydrogen-bond donors (Lipinski definition) is 0. The fraction of sp³-hybridized carbons (Fsp3) is 0.188. The van der Waals surface area contributed by atoms with Gasteiger partial charge in [0.1, 0.15) is 0 Å². The van der Waals surface area contributed by atoms with E-state index in [1.54, 1.807) is 0 Å². The van der Waals surface area contributed by atoms with Crippen LogP contribution in [0.25, 0.3) is 16.8 Å². The lowest BCUT2D eigenvalue weighted by molar-refractivity contribution is -0.674. The average molecular weight is 222 g/mol. The van der Waals surface area contributed by atoms with Crippen molar-refractivity contribution in [1.29, 1.82) is 0 Å². The molecule has 1 aromatic carbocycles. The maximum absolute atomic E-state index is 2.32. The summed E-state index contributed by atoms with van der Waals surface area (Å²) in [5.41, 5.74) is 6.89. The van der Waals surface area contributed by atoms with Crippen LogP contribution in [-0.4, -0.2) is 0 Å². The molecule has 1 aromatic heterocycles. The van der Waals surface area contributed by atoms with Crippen molar-refractivity contribution < 1.29 is 4.57 Å². The average Bonchev–Trinajstić information content (AvgIpc) is 2.37. The van der Waals surface area contributed by atoms with E-state index in [9.17, 15) is 0 Å². The first kappa shape index (κ1) is 10.3. The van der Waals surface area contributed by atoms with Crippen molar-refractivity contribution in [2.24, 2.45) is 0 Å². The third kappa shape index (κ3) is 1.59. The summed E-state index contributed by atoms with van der Waals surface area (Å²) < 4.78 is 2.32. The zero-order valence-corrected chi connectivity index (χ0v) is 10.3. The minimum Gasteiger partial charge on any atom is -0.194 e. The minimum absolute atomic E-state index is 0.982. The van der Waals surface area contributed by atoms with Gasteiger partial charge in [0, 0.05) is 17.7 Å². The molecular formula is C16H16N+. The van der Waals surface area contributed by atoms with Crippen molar-refractivity contribution in [3.63, 3.8) is 0 Å². The third-order valence-electron chi connectivity index (χ3n) is 3.40. The number of benzene rings is 1. The van der Waals surface area contributed by atoms with Crippen LogP contribution in [0.3, 0.4) is 0 Å². The number of rotatable bonds is 0. The SMILES string of the molecule is CC(C)=C1C[n+]2ccccc2-c2ccccc21. The molecule has 1 nitrogen and oxygen atoms in total. The lowest BCUT2D eigenvalue weighted by atomic mass is 9.91. The molecule has 84 valence electrons. The van der Waals surface area contributed by atoms with Gasteiger partial charge in [-0.2, -0.15) is 4.57 Å². The summed E-state index contributed by atoms with van der Waals surface area (Å²) in [5, 5.41) is 0. The van der Waals surface area contributed by atoms with Crippen molar-refractivity contribution in [1.82, 2.24) is 0 Å². The second-order valence-electron chi connectivity index (χ2n) is 4.74. The molecule has 0 saturated heterocycles. The van der Waals surface area contributed by atoms with Crippen LogP contribution in [0.1, 0.15) is 19.4 Å². The predicted molar refractivity (Wildman–Crippen MR) is 70.3 cm³/mol. The second-order valence-corrected chi connectivity index (χ2v) is 4.74. The number of fused-ring (bicyclic) bond motifs is 3. The van der Waals surface area contributed by atoms with Crippen LogP contribution in [0.15, 0.2) is 54.2 Å². The molecule has 0 saturated carbocycles. The van der Waals surface area contributed by atoms with E-state index in [4.69, 9.17) is 0 Å².